The Bertz CT molecular complexity index is 116. The van der Waals surface area contributed by atoms with E-state index in [2.05, 4.69) is 0 Å². The molecule has 0 heterocycles. The summed E-state index contributed by atoms with van der Waals surface area (Å²) in [5.74, 6) is 0.449. The zero-order valence-electron chi connectivity index (χ0n) is 5.07. The van der Waals surface area contributed by atoms with Crippen LogP contribution in [0.1, 0.15) is 13.8 Å². The summed E-state index contributed by atoms with van der Waals surface area (Å²) in [4.78, 5) is 9.99. The van der Waals surface area contributed by atoms with E-state index in [-0.39, 0.29) is 0 Å². The molecule has 1 nitrogen and oxygen atoms in total. The molecule has 0 aliphatic heterocycles. The molecule has 2 heteroatoms. The predicted molar refractivity (Wildman–Crippen MR) is 35.2 cm³/mol. The molecule has 46 valence electrons. The van der Waals surface area contributed by atoms with Crippen LogP contribution in [0.2, 0.25) is 0 Å². The first-order valence-corrected chi connectivity index (χ1v) is 2.93. The van der Waals surface area contributed by atoms with Crippen LogP contribution in [0, 0.1) is 0 Å². The Morgan fingerprint density at radius 3 is 2.25 bits per heavy atom. The van der Waals surface area contributed by atoms with Gasteiger partial charge in [-0.05, 0) is 19.4 Å². The van der Waals surface area contributed by atoms with Gasteiger partial charge in [-0.2, -0.15) is 0 Å². The van der Waals surface area contributed by atoms with E-state index in [1.54, 1.807) is 6.92 Å². The maximum absolute atomic E-state index is 9.99. The van der Waals surface area contributed by atoms with Gasteiger partial charge >= 0.3 is 0 Å². The molecule has 0 spiro atoms. The van der Waals surface area contributed by atoms with Crippen LogP contribution in [0.4, 0.5) is 0 Å². The lowest BCUT2D eigenvalue weighted by Crippen LogP contribution is -1.85. The first-order valence-electron chi connectivity index (χ1n) is 2.40. The molecule has 0 fully saturated rings. The van der Waals surface area contributed by atoms with Gasteiger partial charge in [0.15, 0.2) is 0 Å². The predicted octanol–water partition coefficient (Wildman–Crippen LogP) is 1.76. The highest BCUT2D eigenvalue weighted by Crippen LogP contribution is 2.00. The van der Waals surface area contributed by atoms with Crippen molar-refractivity contribution in [3.63, 3.8) is 0 Å². The second-order valence-corrected chi connectivity index (χ2v) is 1.98. The summed E-state index contributed by atoms with van der Waals surface area (Å²) in [6.45, 7) is 3.60. The Labute approximate surface area is 54.3 Å². The Balaban J connectivity index is 4.03. The minimum atomic E-state index is 0.449. The first-order chi connectivity index (χ1) is 3.72. The molecule has 0 bridgehead atoms. The molecule has 0 unspecified atom stereocenters. The number of hydrogen-bond donors (Lipinski definition) is 0. The molecule has 0 amide bonds. The van der Waals surface area contributed by atoms with E-state index < -0.39 is 0 Å². The van der Waals surface area contributed by atoms with Crippen molar-refractivity contribution in [3.8, 4) is 0 Å². The average molecular weight is 133 g/mol. The fraction of sp³-hybridized carbons (Fsp3) is 0.500. The van der Waals surface area contributed by atoms with Crippen molar-refractivity contribution in [3.05, 3.63) is 11.1 Å². The molecule has 0 saturated carbocycles. The van der Waals surface area contributed by atoms with Crippen LogP contribution in [0.25, 0.3) is 0 Å². The third kappa shape index (κ3) is 2.12. The lowest BCUT2D eigenvalue weighted by molar-refractivity contribution is -0.104. The third-order valence-corrected chi connectivity index (χ3v) is 1.45. The van der Waals surface area contributed by atoms with Crippen LogP contribution < -0.4 is 0 Å². The van der Waals surface area contributed by atoms with Gasteiger partial charge in [0.25, 0.3) is 0 Å². The molecular formula is C6H9ClO. The maximum Gasteiger partial charge on any atom is 0.145 e. The number of carbonyl (C=O) groups excluding carboxylic acids is 1. The highest BCUT2D eigenvalue weighted by molar-refractivity contribution is 6.19. The van der Waals surface area contributed by atoms with Crippen molar-refractivity contribution in [1.29, 1.82) is 0 Å². The number of aldehydes is 1. The minimum Gasteiger partial charge on any atom is -0.298 e. The highest BCUT2D eigenvalue weighted by Gasteiger charge is 1.90. The molecule has 8 heavy (non-hydrogen) atoms. The molecule has 0 radical (unpaired) electrons. The smallest absolute Gasteiger partial charge is 0.145 e. The van der Waals surface area contributed by atoms with E-state index >= 15 is 0 Å². The average Bonchev–Trinajstić information content (AvgIpc) is 1.84. The summed E-state index contributed by atoms with van der Waals surface area (Å²) in [6.07, 6.45) is 0.817. The fourth-order valence-electron chi connectivity index (χ4n) is 0.206. The zero-order chi connectivity index (χ0) is 6.57. The molecule has 0 atom stereocenters. The van der Waals surface area contributed by atoms with Crippen LogP contribution in [0.3, 0.4) is 0 Å². The van der Waals surface area contributed by atoms with Crippen molar-refractivity contribution < 1.29 is 4.79 Å². The van der Waals surface area contributed by atoms with Crippen LogP contribution in [0.5, 0.6) is 0 Å². The Kier molecular flexibility index (Phi) is 3.53. The molecule has 0 saturated heterocycles. The summed E-state index contributed by atoms with van der Waals surface area (Å²) in [6, 6.07) is 0. The van der Waals surface area contributed by atoms with Crippen molar-refractivity contribution in [1.82, 2.24) is 0 Å². The van der Waals surface area contributed by atoms with Crippen LogP contribution in [-0.4, -0.2) is 12.2 Å². The molecule has 0 aromatic heterocycles. The second kappa shape index (κ2) is 3.67. The second-order valence-electron chi connectivity index (χ2n) is 1.71. The molecule has 0 aliphatic carbocycles. The number of hydrogen-bond acceptors (Lipinski definition) is 1. The Morgan fingerprint density at radius 1 is 1.62 bits per heavy atom. The monoisotopic (exact) mass is 132 g/mol. The van der Waals surface area contributed by atoms with Gasteiger partial charge in [-0.15, -0.1) is 11.6 Å². The fourth-order valence-corrected chi connectivity index (χ4v) is 0.417. The Morgan fingerprint density at radius 2 is 2.12 bits per heavy atom. The van der Waals surface area contributed by atoms with Gasteiger partial charge in [-0.1, -0.05) is 5.57 Å². The number of allylic oxidation sites excluding steroid dienone is 2. The molecule has 0 N–H and O–H groups in total. The van der Waals surface area contributed by atoms with E-state index in [4.69, 9.17) is 11.6 Å². The summed E-state index contributed by atoms with van der Waals surface area (Å²) in [7, 11) is 0. The Hall–Kier alpha value is -0.300. The van der Waals surface area contributed by atoms with Crippen LogP contribution in [0.15, 0.2) is 11.1 Å². The summed E-state index contributed by atoms with van der Waals surface area (Å²) >= 11 is 5.41. The molecule has 0 aromatic rings. The van der Waals surface area contributed by atoms with Crippen molar-refractivity contribution in [2.45, 2.75) is 13.8 Å². The highest BCUT2D eigenvalue weighted by atomic mass is 35.5. The first kappa shape index (κ1) is 7.70. The van der Waals surface area contributed by atoms with Crippen LogP contribution in [-0.2, 0) is 4.79 Å². The van der Waals surface area contributed by atoms with Crippen molar-refractivity contribution >= 4 is 17.9 Å². The number of halogens is 1. The summed E-state index contributed by atoms with van der Waals surface area (Å²) in [5.41, 5.74) is 1.68. The summed E-state index contributed by atoms with van der Waals surface area (Å²) < 4.78 is 0. The van der Waals surface area contributed by atoms with Gasteiger partial charge in [0, 0.05) is 5.88 Å². The molecule has 0 aliphatic rings. The standard InChI is InChI=1S/C6H9ClO/c1-5(3-7)6(2)4-8/h4H,3H2,1-2H3. The largest absolute Gasteiger partial charge is 0.298 e. The van der Waals surface area contributed by atoms with Gasteiger partial charge in [0.1, 0.15) is 6.29 Å². The molecule has 0 aromatic carbocycles. The minimum absolute atomic E-state index is 0.449. The number of carbonyl (C=O) groups is 1. The van der Waals surface area contributed by atoms with Gasteiger partial charge in [-0.3, -0.25) is 4.79 Å². The van der Waals surface area contributed by atoms with E-state index in [0.717, 1.165) is 17.4 Å². The lowest BCUT2D eigenvalue weighted by Gasteiger charge is -1.92. The quantitative estimate of drug-likeness (QED) is 0.318. The third-order valence-electron chi connectivity index (χ3n) is 1.05. The summed E-state index contributed by atoms with van der Waals surface area (Å²) in [5, 5.41) is 0. The molecule has 0 rings (SSSR count). The van der Waals surface area contributed by atoms with Crippen molar-refractivity contribution in [2.24, 2.45) is 0 Å². The number of rotatable bonds is 2. The van der Waals surface area contributed by atoms with Crippen molar-refractivity contribution in [2.75, 3.05) is 5.88 Å². The van der Waals surface area contributed by atoms with Crippen LogP contribution >= 0.6 is 11.6 Å². The van der Waals surface area contributed by atoms with E-state index in [0.29, 0.717) is 5.88 Å². The maximum atomic E-state index is 9.99. The van der Waals surface area contributed by atoms with E-state index in [1.807, 2.05) is 6.92 Å². The lowest BCUT2D eigenvalue weighted by atomic mass is 10.2. The van der Waals surface area contributed by atoms with Gasteiger partial charge < -0.3 is 0 Å². The SMILES string of the molecule is CC(C=O)=C(C)CCl. The normalized spacial score (nSPS) is 12.9. The van der Waals surface area contributed by atoms with Gasteiger partial charge in [-0.25, -0.2) is 0 Å². The zero-order valence-corrected chi connectivity index (χ0v) is 5.83. The number of alkyl halides is 1. The van der Waals surface area contributed by atoms with Gasteiger partial charge in [0.05, 0.1) is 0 Å². The van der Waals surface area contributed by atoms with E-state index in [9.17, 15) is 4.79 Å². The topological polar surface area (TPSA) is 17.1 Å². The molecular weight excluding hydrogens is 124 g/mol. The van der Waals surface area contributed by atoms with E-state index in [1.165, 1.54) is 0 Å². The van der Waals surface area contributed by atoms with Gasteiger partial charge in [0.2, 0.25) is 0 Å².